The van der Waals surface area contributed by atoms with Gasteiger partial charge in [-0.25, -0.2) is 9.98 Å². The molecule has 0 unspecified atom stereocenters. The summed E-state index contributed by atoms with van der Waals surface area (Å²) in [6.07, 6.45) is 1.82. The normalized spacial score (nSPS) is 12.7. The molecule has 2 aliphatic carbocycles. The van der Waals surface area contributed by atoms with Crippen LogP contribution in [0.4, 0.5) is 17.1 Å². The fourth-order valence-electron chi connectivity index (χ4n) is 8.60. The maximum atomic E-state index is 5.18. The van der Waals surface area contributed by atoms with Crippen LogP contribution in [-0.2, 0) is 19.4 Å². The maximum Gasteiger partial charge on any atom is 0.161 e. The minimum absolute atomic E-state index is 0.486. The van der Waals surface area contributed by atoms with Gasteiger partial charge in [-0.3, -0.25) is 4.99 Å². The van der Waals surface area contributed by atoms with Crippen molar-refractivity contribution in [2.75, 3.05) is 4.90 Å². The highest BCUT2D eigenvalue weighted by atomic mass is 15.1. The van der Waals surface area contributed by atoms with Gasteiger partial charge in [0.05, 0.1) is 6.54 Å². The summed E-state index contributed by atoms with van der Waals surface area (Å²) in [7, 11) is 0. The van der Waals surface area contributed by atoms with Gasteiger partial charge in [-0.05, 0) is 117 Å². The Balaban J connectivity index is 1.02. The molecule has 0 aliphatic heterocycles. The second kappa shape index (κ2) is 15.2. The van der Waals surface area contributed by atoms with Crippen molar-refractivity contribution in [2.24, 2.45) is 15.0 Å². The molecule has 4 heteroatoms. The van der Waals surface area contributed by atoms with Gasteiger partial charge in [-0.15, -0.1) is 0 Å². The van der Waals surface area contributed by atoms with Gasteiger partial charge >= 0.3 is 0 Å². The Hall–Kier alpha value is -7.43. The van der Waals surface area contributed by atoms with E-state index in [0.717, 1.165) is 41.0 Å². The topological polar surface area (TPSA) is 40.3 Å². The standard InChI is InChI=1S/C54H40N4/c1-55-53(38-15-5-2-6-16-38)57-54(39-17-7-3-8-18-39)56-36-42-27-31-50(52-49-24-14-12-20-41(49)35-51(42)52)37-25-28-45(29-26-37)58(44-21-9-4-10-22-44)46-30-32-48-43(34-46)33-40-19-11-13-23-47(40)48/h2-32,34H,1,33,35-36H2. The summed E-state index contributed by atoms with van der Waals surface area (Å²) in [6, 6.07) is 68.9. The first-order chi connectivity index (χ1) is 28.7. The van der Waals surface area contributed by atoms with Crippen LogP contribution in [-0.4, -0.2) is 18.4 Å². The van der Waals surface area contributed by atoms with Crippen molar-refractivity contribution >= 4 is 35.5 Å². The number of rotatable bonds is 8. The fourth-order valence-corrected chi connectivity index (χ4v) is 8.60. The molecule has 8 aromatic carbocycles. The Morgan fingerprint density at radius 3 is 1.72 bits per heavy atom. The first-order valence-electron chi connectivity index (χ1n) is 19.8. The average molecular weight is 745 g/mol. The van der Waals surface area contributed by atoms with Crippen molar-refractivity contribution in [1.82, 2.24) is 0 Å². The predicted octanol–water partition coefficient (Wildman–Crippen LogP) is 13.1. The molecule has 2 aliphatic rings. The van der Waals surface area contributed by atoms with E-state index in [-0.39, 0.29) is 0 Å². The molecular formula is C54H40N4. The van der Waals surface area contributed by atoms with E-state index in [1.54, 1.807) is 0 Å². The third-order valence-corrected chi connectivity index (χ3v) is 11.4. The predicted molar refractivity (Wildman–Crippen MR) is 242 cm³/mol. The third-order valence-electron chi connectivity index (χ3n) is 11.4. The number of aliphatic imine (C=N–C) groups is 3. The molecule has 8 aromatic rings. The minimum Gasteiger partial charge on any atom is -0.310 e. The van der Waals surface area contributed by atoms with E-state index in [1.807, 2.05) is 60.7 Å². The molecule has 0 spiro atoms. The lowest BCUT2D eigenvalue weighted by Crippen LogP contribution is -2.10. The van der Waals surface area contributed by atoms with Gasteiger partial charge in [0.25, 0.3) is 0 Å². The van der Waals surface area contributed by atoms with E-state index in [4.69, 9.17) is 9.98 Å². The molecule has 4 nitrogen and oxygen atoms in total. The summed E-state index contributed by atoms with van der Waals surface area (Å²) < 4.78 is 0. The van der Waals surface area contributed by atoms with Crippen molar-refractivity contribution in [3.05, 3.63) is 233 Å². The molecule has 0 saturated heterocycles. The van der Waals surface area contributed by atoms with E-state index >= 15 is 0 Å². The molecule has 0 aromatic heterocycles. The van der Waals surface area contributed by atoms with Gasteiger partial charge in [0, 0.05) is 28.2 Å². The second-order valence-corrected chi connectivity index (χ2v) is 14.8. The van der Waals surface area contributed by atoms with E-state index in [0.29, 0.717) is 18.2 Å². The lowest BCUT2D eigenvalue weighted by Gasteiger charge is -2.26. The van der Waals surface area contributed by atoms with Crippen LogP contribution >= 0.6 is 0 Å². The van der Waals surface area contributed by atoms with Crippen LogP contribution in [0, 0.1) is 0 Å². The highest BCUT2D eigenvalue weighted by Gasteiger charge is 2.25. The first kappa shape index (κ1) is 35.0. The Morgan fingerprint density at radius 2 is 1.02 bits per heavy atom. The number of benzene rings is 8. The number of nitrogens with zero attached hydrogens (tertiary/aromatic N) is 4. The summed E-state index contributed by atoms with van der Waals surface area (Å²) in [4.78, 5) is 16.8. The number of hydrogen-bond donors (Lipinski definition) is 0. The summed E-state index contributed by atoms with van der Waals surface area (Å²) in [6.45, 7) is 4.32. The molecule has 0 heterocycles. The third kappa shape index (κ3) is 6.55. The van der Waals surface area contributed by atoms with Crippen LogP contribution < -0.4 is 4.90 Å². The Bertz CT molecular complexity index is 2860. The number of amidine groups is 2. The van der Waals surface area contributed by atoms with Gasteiger partial charge in [-0.2, -0.15) is 0 Å². The maximum absolute atomic E-state index is 5.18. The van der Waals surface area contributed by atoms with E-state index in [1.165, 1.54) is 61.2 Å². The SMILES string of the molecule is C=NC(=NC(=NCc1ccc(-c2ccc(N(c3ccccc3)c3ccc4c(c3)Cc3ccccc3-4)cc2)c2c1Cc1ccccc1-2)c1ccccc1)c1ccccc1. The van der Waals surface area contributed by atoms with Gasteiger partial charge in [0.15, 0.2) is 11.7 Å². The minimum atomic E-state index is 0.486. The zero-order chi connectivity index (χ0) is 38.8. The van der Waals surface area contributed by atoms with Gasteiger partial charge in [-0.1, -0.05) is 158 Å². The monoisotopic (exact) mass is 744 g/mol. The Morgan fingerprint density at radius 1 is 0.466 bits per heavy atom. The lowest BCUT2D eigenvalue weighted by atomic mass is 9.91. The van der Waals surface area contributed by atoms with Gasteiger partial charge in [0.2, 0.25) is 0 Å². The van der Waals surface area contributed by atoms with Crippen LogP contribution in [0.5, 0.6) is 0 Å². The largest absolute Gasteiger partial charge is 0.310 e. The van der Waals surface area contributed by atoms with Crippen molar-refractivity contribution < 1.29 is 0 Å². The molecule has 0 atom stereocenters. The van der Waals surface area contributed by atoms with Crippen molar-refractivity contribution in [3.8, 4) is 33.4 Å². The van der Waals surface area contributed by atoms with Crippen LogP contribution in [0.25, 0.3) is 33.4 Å². The zero-order valence-corrected chi connectivity index (χ0v) is 32.1. The highest BCUT2D eigenvalue weighted by Crippen LogP contribution is 2.46. The van der Waals surface area contributed by atoms with Crippen LogP contribution in [0.2, 0.25) is 0 Å². The van der Waals surface area contributed by atoms with E-state index in [9.17, 15) is 0 Å². The number of fused-ring (bicyclic) bond motifs is 6. The quantitative estimate of drug-likeness (QED) is 0.113. The smallest absolute Gasteiger partial charge is 0.161 e. The van der Waals surface area contributed by atoms with E-state index < -0.39 is 0 Å². The molecule has 10 rings (SSSR count). The van der Waals surface area contributed by atoms with Crippen molar-refractivity contribution in [3.63, 3.8) is 0 Å². The lowest BCUT2D eigenvalue weighted by molar-refractivity contribution is 1.03. The first-order valence-corrected chi connectivity index (χ1v) is 19.8. The highest BCUT2D eigenvalue weighted by molar-refractivity contribution is 6.12. The molecule has 0 fully saturated rings. The molecule has 0 N–H and O–H groups in total. The zero-order valence-electron chi connectivity index (χ0n) is 32.1. The molecule has 58 heavy (non-hydrogen) atoms. The number of hydrogen-bond acceptors (Lipinski definition) is 2. The van der Waals surface area contributed by atoms with Crippen LogP contribution in [0.15, 0.2) is 209 Å². The molecular weight excluding hydrogens is 705 g/mol. The van der Waals surface area contributed by atoms with Gasteiger partial charge in [0.1, 0.15) is 0 Å². The number of anilines is 3. The second-order valence-electron chi connectivity index (χ2n) is 14.8. The summed E-state index contributed by atoms with van der Waals surface area (Å²) >= 11 is 0. The van der Waals surface area contributed by atoms with Crippen LogP contribution in [0.1, 0.15) is 38.9 Å². The molecule has 0 bridgehead atoms. The fraction of sp³-hybridized carbons (Fsp3) is 0.0556. The van der Waals surface area contributed by atoms with Crippen LogP contribution in [0.3, 0.4) is 0 Å². The summed E-state index contributed by atoms with van der Waals surface area (Å²) in [5.74, 6) is 1.18. The molecule has 0 radical (unpaired) electrons. The van der Waals surface area contributed by atoms with Crippen molar-refractivity contribution in [2.45, 2.75) is 19.4 Å². The summed E-state index contributed by atoms with van der Waals surface area (Å²) in [5, 5.41) is 0. The number of para-hydroxylation sites is 1. The Kier molecular flexibility index (Phi) is 9.21. The van der Waals surface area contributed by atoms with E-state index in [2.05, 4.69) is 150 Å². The summed E-state index contributed by atoms with van der Waals surface area (Å²) in [5.41, 5.74) is 19.5. The van der Waals surface area contributed by atoms with Gasteiger partial charge < -0.3 is 4.90 Å². The molecule has 0 amide bonds. The Labute approximate surface area is 339 Å². The molecule has 0 saturated carbocycles. The molecule has 276 valence electrons. The van der Waals surface area contributed by atoms with Crippen molar-refractivity contribution in [1.29, 1.82) is 0 Å². The average Bonchev–Trinajstić information content (AvgIpc) is 3.87.